The summed E-state index contributed by atoms with van der Waals surface area (Å²) in [5.74, 6) is 1.28. The van der Waals surface area contributed by atoms with E-state index in [1.165, 1.54) is 0 Å². The first-order valence-corrected chi connectivity index (χ1v) is 7.63. The highest BCUT2D eigenvalue weighted by atomic mass is 35.5. The summed E-state index contributed by atoms with van der Waals surface area (Å²) in [5, 5.41) is 4.07. The first-order chi connectivity index (χ1) is 9.28. The predicted molar refractivity (Wildman–Crippen MR) is 85.4 cm³/mol. The second-order valence-electron chi connectivity index (χ2n) is 6.80. The average Bonchev–Trinajstić information content (AvgIpc) is 2.31. The monoisotopic (exact) mass is 298 g/mol. The minimum Gasteiger partial charge on any atom is -0.478 e. The standard InChI is InChI=1S/C16H27ClN2O/c1-12(2)9-18-10-13-8-15(19-11-14(13)17)20-7-6-16(3,4)5/h8,11-12,18H,6-7,9-10H2,1-5H3. The highest BCUT2D eigenvalue weighted by molar-refractivity contribution is 6.31. The largest absolute Gasteiger partial charge is 0.478 e. The Morgan fingerprint density at radius 1 is 1.35 bits per heavy atom. The maximum Gasteiger partial charge on any atom is 0.213 e. The fraction of sp³-hybridized carbons (Fsp3) is 0.688. The van der Waals surface area contributed by atoms with E-state index in [2.05, 4.69) is 44.9 Å². The summed E-state index contributed by atoms with van der Waals surface area (Å²) in [6.45, 7) is 13.4. The first-order valence-electron chi connectivity index (χ1n) is 7.26. The number of aromatic nitrogens is 1. The molecule has 3 nitrogen and oxygen atoms in total. The Kier molecular flexibility index (Phi) is 6.77. The number of nitrogens with one attached hydrogen (secondary N) is 1. The SMILES string of the molecule is CC(C)CNCc1cc(OCCC(C)(C)C)ncc1Cl. The molecule has 0 aliphatic rings. The molecule has 114 valence electrons. The van der Waals surface area contributed by atoms with Gasteiger partial charge < -0.3 is 10.1 Å². The molecule has 1 aromatic heterocycles. The zero-order valence-corrected chi connectivity index (χ0v) is 14.0. The smallest absolute Gasteiger partial charge is 0.213 e. The lowest BCUT2D eigenvalue weighted by Crippen LogP contribution is -2.19. The third-order valence-electron chi connectivity index (χ3n) is 2.88. The van der Waals surface area contributed by atoms with E-state index in [9.17, 15) is 0 Å². The summed E-state index contributed by atoms with van der Waals surface area (Å²) in [7, 11) is 0. The second kappa shape index (κ2) is 7.84. The number of hydrogen-bond acceptors (Lipinski definition) is 3. The van der Waals surface area contributed by atoms with Crippen LogP contribution in [-0.2, 0) is 6.54 Å². The van der Waals surface area contributed by atoms with Gasteiger partial charge in [0.25, 0.3) is 0 Å². The van der Waals surface area contributed by atoms with Crippen LogP contribution in [0.15, 0.2) is 12.3 Å². The number of hydrogen-bond donors (Lipinski definition) is 1. The Hall–Kier alpha value is -0.800. The molecule has 0 spiro atoms. The van der Waals surface area contributed by atoms with Gasteiger partial charge in [-0.25, -0.2) is 4.98 Å². The summed E-state index contributed by atoms with van der Waals surface area (Å²) in [6.07, 6.45) is 2.67. The fourth-order valence-corrected chi connectivity index (χ4v) is 1.80. The Labute approximate surface area is 128 Å². The molecule has 0 saturated heterocycles. The lowest BCUT2D eigenvalue weighted by Gasteiger charge is -2.18. The summed E-state index contributed by atoms with van der Waals surface area (Å²) in [6, 6.07) is 1.93. The molecule has 4 heteroatoms. The van der Waals surface area contributed by atoms with Crippen molar-refractivity contribution >= 4 is 11.6 Å². The van der Waals surface area contributed by atoms with Crippen LogP contribution in [-0.4, -0.2) is 18.1 Å². The number of rotatable bonds is 7. The molecule has 0 unspecified atom stereocenters. The Morgan fingerprint density at radius 2 is 2.05 bits per heavy atom. The quantitative estimate of drug-likeness (QED) is 0.815. The molecule has 1 heterocycles. The van der Waals surface area contributed by atoms with E-state index in [1.54, 1.807) is 6.20 Å². The van der Waals surface area contributed by atoms with E-state index in [1.807, 2.05) is 6.07 Å². The normalized spacial score (nSPS) is 11.9. The van der Waals surface area contributed by atoms with Gasteiger partial charge in [0, 0.05) is 18.8 Å². The number of halogens is 1. The van der Waals surface area contributed by atoms with Gasteiger partial charge in [-0.1, -0.05) is 46.2 Å². The van der Waals surface area contributed by atoms with Crippen molar-refractivity contribution in [2.24, 2.45) is 11.3 Å². The average molecular weight is 299 g/mol. The number of nitrogens with zero attached hydrogens (tertiary/aromatic N) is 1. The van der Waals surface area contributed by atoms with Crippen LogP contribution in [0.3, 0.4) is 0 Å². The molecular weight excluding hydrogens is 272 g/mol. The third-order valence-corrected chi connectivity index (χ3v) is 3.22. The molecule has 0 aromatic carbocycles. The van der Waals surface area contributed by atoms with E-state index in [0.717, 1.165) is 25.1 Å². The minimum atomic E-state index is 0.272. The van der Waals surface area contributed by atoms with Crippen molar-refractivity contribution in [3.05, 3.63) is 22.8 Å². The molecule has 1 N–H and O–H groups in total. The fourth-order valence-electron chi connectivity index (χ4n) is 1.63. The topological polar surface area (TPSA) is 34.1 Å². The molecular formula is C16H27ClN2O. The van der Waals surface area contributed by atoms with Crippen LogP contribution in [0.25, 0.3) is 0 Å². The van der Waals surface area contributed by atoms with Gasteiger partial charge in [-0.3, -0.25) is 0 Å². The molecule has 0 radical (unpaired) electrons. The third kappa shape index (κ3) is 7.11. The van der Waals surface area contributed by atoms with Crippen LogP contribution in [0.5, 0.6) is 5.88 Å². The van der Waals surface area contributed by atoms with Crippen molar-refractivity contribution in [1.82, 2.24) is 10.3 Å². The minimum absolute atomic E-state index is 0.272. The summed E-state index contributed by atoms with van der Waals surface area (Å²) >= 11 is 6.16. The predicted octanol–water partition coefficient (Wildman–Crippen LogP) is 4.30. The van der Waals surface area contributed by atoms with Crippen LogP contribution in [0.4, 0.5) is 0 Å². The van der Waals surface area contributed by atoms with Crippen molar-refractivity contribution in [1.29, 1.82) is 0 Å². The van der Waals surface area contributed by atoms with E-state index in [0.29, 0.717) is 23.4 Å². The Bertz CT molecular complexity index is 413. The lowest BCUT2D eigenvalue weighted by molar-refractivity contribution is 0.236. The van der Waals surface area contributed by atoms with Gasteiger partial charge >= 0.3 is 0 Å². The molecule has 0 bridgehead atoms. The van der Waals surface area contributed by atoms with Gasteiger partial charge in [0.1, 0.15) is 0 Å². The highest BCUT2D eigenvalue weighted by Crippen LogP contribution is 2.21. The maximum absolute atomic E-state index is 6.16. The first kappa shape index (κ1) is 17.3. The lowest BCUT2D eigenvalue weighted by atomic mass is 9.93. The van der Waals surface area contributed by atoms with Gasteiger partial charge in [-0.2, -0.15) is 0 Å². The van der Waals surface area contributed by atoms with Gasteiger partial charge in [0.05, 0.1) is 11.6 Å². The molecule has 1 rings (SSSR count). The Morgan fingerprint density at radius 3 is 2.65 bits per heavy atom. The van der Waals surface area contributed by atoms with Crippen molar-refractivity contribution in [3.8, 4) is 5.88 Å². The van der Waals surface area contributed by atoms with Gasteiger partial charge in [0.15, 0.2) is 0 Å². The Balaban J connectivity index is 2.52. The van der Waals surface area contributed by atoms with Crippen molar-refractivity contribution in [2.45, 2.75) is 47.6 Å². The van der Waals surface area contributed by atoms with Gasteiger partial charge in [0.2, 0.25) is 5.88 Å². The molecule has 1 aromatic rings. The highest BCUT2D eigenvalue weighted by Gasteiger charge is 2.11. The van der Waals surface area contributed by atoms with Gasteiger partial charge in [-0.15, -0.1) is 0 Å². The van der Waals surface area contributed by atoms with E-state index >= 15 is 0 Å². The molecule has 0 amide bonds. The molecule has 0 fully saturated rings. The number of ether oxygens (including phenoxy) is 1. The van der Waals surface area contributed by atoms with Gasteiger partial charge in [-0.05, 0) is 29.9 Å². The summed E-state index contributed by atoms with van der Waals surface area (Å²) < 4.78 is 5.71. The van der Waals surface area contributed by atoms with Crippen LogP contribution in [0.1, 0.15) is 46.6 Å². The van der Waals surface area contributed by atoms with E-state index < -0.39 is 0 Å². The summed E-state index contributed by atoms with van der Waals surface area (Å²) in [5.41, 5.74) is 1.31. The van der Waals surface area contributed by atoms with Crippen LogP contribution in [0.2, 0.25) is 5.02 Å². The van der Waals surface area contributed by atoms with Crippen LogP contribution in [0, 0.1) is 11.3 Å². The summed E-state index contributed by atoms with van der Waals surface area (Å²) in [4.78, 5) is 4.22. The van der Waals surface area contributed by atoms with Crippen molar-refractivity contribution < 1.29 is 4.74 Å². The number of pyridine rings is 1. The molecule has 0 aliphatic carbocycles. The molecule has 20 heavy (non-hydrogen) atoms. The van der Waals surface area contributed by atoms with E-state index in [4.69, 9.17) is 16.3 Å². The zero-order valence-electron chi connectivity index (χ0n) is 13.3. The van der Waals surface area contributed by atoms with Crippen LogP contribution < -0.4 is 10.1 Å². The zero-order chi connectivity index (χ0) is 15.2. The van der Waals surface area contributed by atoms with Crippen molar-refractivity contribution in [3.63, 3.8) is 0 Å². The maximum atomic E-state index is 6.16. The van der Waals surface area contributed by atoms with Crippen LogP contribution >= 0.6 is 11.6 Å². The van der Waals surface area contributed by atoms with E-state index in [-0.39, 0.29) is 5.41 Å². The molecule has 0 atom stereocenters. The molecule has 0 saturated carbocycles. The van der Waals surface area contributed by atoms with Crippen molar-refractivity contribution in [2.75, 3.05) is 13.2 Å². The second-order valence-corrected chi connectivity index (χ2v) is 7.21. The molecule has 0 aliphatic heterocycles.